The summed E-state index contributed by atoms with van der Waals surface area (Å²) >= 11 is 1.36. The number of likely N-dealkylation sites (tertiary alicyclic amines) is 1. The normalized spacial score (nSPS) is 14.7. The van der Waals surface area contributed by atoms with Crippen LogP contribution in [0.15, 0.2) is 30.7 Å². The Balaban J connectivity index is 0.00000220. The van der Waals surface area contributed by atoms with Crippen molar-refractivity contribution < 1.29 is 21.9 Å². The molecule has 0 radical (unpaired) electrons. The summed E-state index contributed by atoms with van der Waals surface area (Å²) in [6.45, 7) is 8.23. The molecule has 1 saturated heterocycles. The van der Waals surface area contributed by atoms with Gasteiger partial charge in [0, 0.05) is 28.2 Å². The predicted molar refractivity (Wildman–Crippen MR) is 147 cm³/mol. The average molecular weight is 541 g/mol. The first-order valence-corrected chi connectivity index (χ1v) is 12.7. The molecule has 0 bridgehead atoms. The van der Waals surface area contributed by atoms with E-state index in [4.69, 9.17) is 9.47 Å². The summed E-state index contributed by atoms with van der Waals surface area (Å²) in [6, 6.07) is 3.42. The molecule has 1 aliphatic rings. The van der Waals surface area contributed by atoms with Gasteiger partial charge < -0.3 is 20.1 Å². The Kier molecular flexibility index (Phi) is 6.71. The monoisotopic (exact) mass is 540 g/mol. The molecule has 5 heterocycles. The van der Waals surface area contributed by atoms with Gasteiger partial charge in [0.25, 0.3) is 5.91 Å². The Morgan fingerprint density at radius 1 is 1.13 bits per heavy atom. The van der Waals surface area contributed by atoms with Crippen LogP contribution in [-0.4, -0.2) is 75.4 Å². The Hall–Kier alpha value is -4.10. The van der Waals surface area contributed by atoms with Crippen LogP contribution in [0, 0.1) is 12.3 Å². The summed E-state index contributed by atoms with van der Waals surface area (Å²) in [6.07, 6.45) is 4.88. The highest BCUT2D eigenvalue weighted by molar-refractivity contribution is 7.21. The lowest BCUT2D eigenvalue weighted by molar-refractivity contribution is -0.120. The highest BCUT2D eigenvalue weighted by Gasteiger charge is 2.34. The number of hydrogen-bond acceptors (Lipinski definition) is 10. The molecule has 0 unspecified atom stereocenters. The molecular weight excluding hydrogens is 508 g/mol. The minimum Gasteiger partial charge on any atom is -0.480 e. The molecule has 1 aliphatic heterocycles. The van der Waals surface area contributed by atoms with Gasteiger partial charge in [0.1, 0.15) is 4.83 Å². The van der Waals surface area contributed by atoms with E-state index in [0.29, 0.717) is 51.3 Å². The zero-order chi connectivity index (χ0) is 27.0. The molecule has 4 aromatic heterocycles. The quantitative estimate of drug-likeness (QED) is 0.343. The van der Waals surface area contributed by atoms with Crippen molar-refractivity contribution in [3.63, 3.8) is 0 Å². The van der Waals surface area contributed by atoms with Crippen molar-refractivity contribution in [1.82, 2.24) is 29.7 Å². The third-order valence-electron chi connectivity index (χ3n) is 6.14. The van der Waals surface area contributed by atoms with Gasteiger partial charge in [-0.3, -0.25) is 19.5 Å². The van der Waals surface area contributed by atoms with Crippen LogP contribution < -0.4 is 20.1 Å². The molecule has 12 nitrogen and oxygen atoms in total. The van der Waals surface area contributed by atoms with E-state index in [2.05, 4.69) is 49.7 Å². The zero-order valence-corrected chi connectivity index (χ0v) is 22.5. The molecule has 0 atom stereocenters. The fraction of sp³-hybridized carbons (Fsp3) is 0.360. The molecule has 0 aromatic carbocycles. The summed E-state index contributed by atoms with van der Waals surface area (Å²) in [5.74, 6) is 0.209. The molecule has 5 rings (SSSR count). The molecule has 0 aliphatic carbocycles. The third-order valence-corrected chi connectivity index (χ3v) is 7.28. The first-order valence-electron chi connectivity index (χ1n) is 11.9. The van der Waals surface area contributed by atoms with Gasteiger partial charge >= 0.3 is 0 Å². The SMILES string of the molecule is COc1cc(-c2cn3ncc(C(=O)Nc4cc(NC(=O)CN5CC(C)(C)C5)cnc4C)c3s2)c(OC)nn1.[HH].[HH]. The summed E-state index contributed by atoms with van der Waals surface area (Å²) < 4.78 is 12.2. The van der Waals surface area contributed by atoms with Gasteiger partial charge in [0.15, 0.2) is 0 Å². The van der Waals surface area contributed by atoms with Gasteiger partial charge in [-0.2, -0.15) is 5.10 Å². The number of pyridine rings is 1. The Morgan fingerprint density at radius 2 is 1.92 bits per heavy atom. The molecule has 0 saturated carbocycles. The molecule has 1 fully saturated rings. The number of hydrogen-bond donors (Lipinski definition) is 2. The number of rotatable bonds is 8. The van der Waals surface area contributed by atoms with Crippen molar-refractivity contribution in [3.8, 4) is 22.2 Å². The first-order chi connectivity index (χ1) is 18.2. The molecule has 2 amide bonds. The summed E-state index contributed by atoms with van der Waals surface area (Å²) in [5, 5.41) is 18.1. The van der Waals surface area contributed by atoms with Crippen LogP contribution in [0.4, 0.5) is 11.4 Å². The lowest BCUT2D eigenvalue weighted by Gasteiger charge is -2.45. The number of nitrogens with zero attached hydrogens (tertiary/aromatic N) is 6. The van der Waals surface area contributed by atoms with Gasteiger partial charge in [-0.15, -0.1) is 21.5 Å². The Morgan fingerprint density at radius 3 is 2.63 bits per heavy atom. The van der Waals surface area contributed by atoms with Crippen molar-refractivity contribution in [1.29, 1.82) is 0 Å². The van der Waals surface area contributed by atoms with Crippen LogP contribution in [0.2, 0.25) is 0 Å². The number of ether oxygens (including phenoxy) is 2. The number of amides is 2. The van der Waals surface area contributed by atoms with Crippen LogP contribution in [0.3, 0.4) is 0 Å². The third kappa shape index (κ3) is 5.15. The average Bonchev–Trinajstić information content (AvgIpc) is 3.45. The van der Waals surface area contributed by atoms with E-state index in [1.165, 1.54) is 31.8 Å². The van der Waals surface area contributed by atoms with E-state index < -0.39 is 0 Å². The highest BCUT2D eigenvalue weighted by atomic mass is 32.1. The molecule has 13 heteroatoms. The van der Waals surface area contributed by atoms with E-state index in [9.17, 15) is 9.59 Å². The molecule has 38 heavy (non-hydrogen) atoms. The van der Waals surface area contributed by atoms with Crippen molar-refractivity contribution in [3.05, 3.63) is 42.0 Å². The molecule has 202 valence electrons. The molecule has 0 spiro atoms. The number of aryl methyl sites for hydroxylation is 1. The minimum atomic E-state index is -0.345. The number of nitrogens with one attached hydrogen (secondary N) is 2. The van der Waals surface area contributed by atoms with Crippen LogP contribution in [0.5, 0.6) is 11.8 Å². The number of aromatic nitrogens is 5. The van der Waals surface area contributed by atoms with Crippen LogP contribution in [-0.2, 0) is 4.79 Å². The lowest BCUT2D eigenvalue weighted by Crippen LogP contribution is -2.54. The maximum atomic E-state index is 13.3. The second-order valence-corrected chi connectivity index (χ2v) is 10.9. The van der Waals surface area contributed by atoms with Crippen LogP contribution >= 0.6 is 11.3 Å². The number of fused-ring (bicyclic) bond motifs is 1. The second kappa shape index (κ2) is 9.99. The molecular formula is C25H32N8O4S. The maximum absolute atomic E-state index is 13.3. The van der Waals surface area contributed by atoms with Crippen LogP contribution in [0.25, 0.3) is 15.3 Å². The van der Waals surface area contributed by atoms with E-state index >= 15 is 0 Å². The number of thiazole rings is 1. The minimum absolute atomic E-state index is 0. The van der Waals surface area contributed by atoms with E-state index in [1.54, 1.807) is 36.0 Å². The van der Waals surface area contributed by atoms with Gasteiger partial charge in [-0.05, 0) is 18.4 Å². The highest BCUT2D eigenvalue weighted by Crippen LogP contribution is 2.36. The van der Waals surface area contributed by atoms with Crippen molar-refractivity contribution >= 4 is 39.4 Å². The zero-order valence-electron chi connectivity index (χ0n) is 21.7. The maximum Gasteiger partial charge on any atom is 0.260 e. The van der Waals surface area contributed by atoms with Gasteiger partial charge in [-0.25, -0.2) is 4.52 Å². The second-order valence-electron chi connectivity index (χ2n) is 9.88. The largest absolute Gasteiger partial charge is 0.480 e. The van der Waals surface area contributed by atoms with Gasteiger partial charge in [-0.1, -0.05) is 13.8 Å². The van der Waals surface area contributed by atoms with E-state index in [1.807, 2.05) is 0 Å². The van der Waals surface area contributed by atoms with Crippen LogP contribution in [0.1, 0.15) is 32.8 Å². The number of carbonyl (C=O) groups excluding carboxylic acids is 2. The molecule has 4 aromatic rings. The fourth-order valence-corrected chi connectivity index (χ4v) is 5.52. The van der Waals surface area contributed by atoms with Gasteiger partial charge in [0.05, 0.1) is 66.2 Å². The van der Waals surface area contributed by atoms with E-state index in [0.717, 1.165) is 18.0 Å². The first kappa shape index (κ1) is 25.5. The summed E-state index contributed by atoms with van der Waals surface area (Å²) in [4.78, 5) is 33.6. The topological polar surface area (TPSA) is 136 Å². The molecule has 2 N–H and O–H groups in total. The Bertz CT molecular complexity index is 1530. The van der Waals surface area contributed by atoms with Gasteiger partial charge in [0.2, 0.25) is 17.7 Å². The van der Waals surface area contributed by atoms with Crippen molar-refractivity contribution in [2.45, 2.75) is 20.8 Å². The smallest absolute Gasteiger partial charge is 0.260 e. The van der Waals surface area contributed by atoms with Crippen molar-refractivity contribution in [2.24, 2.45) is 5.41 Å². The predicted octanol–water partition coefficient (Wildman–Crippen LogP) is 3.60. The van der Waals surface area contributed by atoms with E-state index in [-0.39, 0.29) is 20.1 Å². The van der Waals surface area contributed by atoms with Crippen molar-refractivity contribution in [2.75, 3.05) is 44.5 Å². The fourth-order valence-electron chi connectivity index (χ4n) is 4.45. The summed E-state index contributed by atoms with van der Waals surface area (Å²) in [5.41, 5.74) is 2.95. The Labute approximate surface area is 226 Å². The number of carbonyl (C=O) groups is 2. The number of methoxy groups -OCH3 is 2. The summed E-state index contributed by atoms with van der Waals surface area (Å²) in [7, 11) is 3.02. The number of anilines is 2. The standard InChI is InChI=1S/C25H28N8O4S.2H2/c1-14-18(6-15(8-26-14)28-20(34)11-32-12-25(2,3)13-32)29-22(35)17-9-27-33-10-19(38-24(17)33)16-7-21(36-4)30-31-23(16)37-5;;/h6-10H,11-13H2,1-5H3,(H,28,34)(H,29,35);2*1H. The lowest BCUT2D eigenvalue weighted by atomic mass is 9.84.